The van der Waals surface area contributed by atoms with E-state index in [1.807, 2.05) is 25.2 Å². The minimum atomic E-state index is -0.296. The Balaban J connectivity index is 1.65. The van der Waals surface area contributed by atoms with Gasteiger partial charge in [-0.1, -0.05) is 43.8 Å². The number of carbonyl (C=O) groups excluding carboxylic acids is 1. The minimum Gasteiger partial charge on any atom is -0.325 e. The van der Waals surface area contributed by atoms with Crippen molar-refractivity contribution >= 4 is 23.4 Å². The molecule has 1 heterocycles. The van der Waals surface area contributed by atoms with E-state index in [0.717, 1.165) is 23.2 Å². The highest BCUT2D eigenvalue weighted by Gasteiger charge is 2.15. The largest absolute Gasteiger partial charge is 0.325 e. The van der Waals surface area contributed by atoms with Crippen LogP contribution in [0.25, 0.3) is 11.4 Å². The molecule has 2 aromatic carbocycles. The van der Waals surface area contributed by atoms with Crippen LogP contribution >= 0.6 is 11.8 Å². The molecule has 0 unspecified atom stereocenters. The summed E-state index contributed by atoms with van der Waals surface area (Å²) in [5.41, 5.74) is 2.77. The van der Waals surface area contributed by atoms with Gasteiger partial charge < -0.3 is 9.88 Å². The van der Waals surface area contributed by atoms with Crippen molar-refractivity contribution in [1.29, 1.82) is 0 Å². The summed E-state index contributed by atoms with van der Waals surface area (Å²) < 4.78 is 14.9. The normalized spacial score (nSPS) is 12.0. The van der Waals surface area contributed by atoms with E-state index in [-0.39, 0.29) is 17.5 Å². The van der Waals surface area contributed by atoms with Gasteiger partial charge in [-0.2, -0.15) is 0 Å². The molecule has 0 aliphatic heterocycles. The number of para-hydroxylation sites is 1. The van der Waals surface area contributed by atoms with E-state index in [9.17, 15) is 9.18 Å². The molecule has 1 atom stereocenters. The Labute approximate surface area is 168 Å². The highest BCUT2D eigenvalue weighted by atomic mass is 32.2. The maximum atomic E-state index is 13.1. The van der Waals surface area contributed by atoms with Crippen molar-refractivity contribution in [3.05, 3.63) is 59.9 Å². The van der Waals surface area contributed by atoms with Crippen LogP contribution in [0.3, 0.4) is 0 Å². The van der Waals surface area contributed by atoms with Crippen LogP contribution in [-0.4, -0.2) is 26.4 Å². The second-order valence-electron chi connectivity index (χ2n) is 6.61. The summed E-state index contributed by atoms with van der Waals surface area (Å²) in [7, 11) is 1.83. The first kappa shape index (κ1) is 20.1. The van der Waals surface area contributed by atoms with Gasteiger partial charge in [0.15, 0.2) is 11.0 Å². The Bertz CT molecular complexity index is 955. The molecule has 3 rings (SSSR count). The molecule has 5 nitrogen and oxygen atoms in total. The van der Waals surface area contributed by atoms with E-state index in [1.54, 1.807) is 16.7 Å². The summed E-state index contributed by atoms with van der Waals surface area (Å²) in [6.07, 6.45) is 1.01. The summed E-state index contributed by atoms with van der Waals surface area (Å²) in [6.45, 7) is 4.28. The van der Waals surface area contributed by atoms with Crippen molar-refractivity contribution in [3.8, 4) is 11.4 Å². The zero-order valence-electron chi connectivity index (χ0n) is 16.1. The van der Waals surface area contributed by atoms with Crippen LogP contribution in [0.1, 0.15) is 31.7 Å². The average Bonchev–Trinajstić information content (AvgIpc) is 3.07. The van der Waals surface area contributed by atoms with Gasteiger partial charge in [0.1, 0.15) is 5.82 Å². The van der Waals surface area contributed by atoms with Crippen LogP contribution in [0.5, 0.6) is 0 Å². The zero-order chi connectivity index (χ0) is 20.1. The van der Waals surface area contributed by atoms with E-state index in [0.29, 0.717) is 16.9 Å². The lowest BCUT2D eigenvalue weighted by Gasteiger charge is -2.15. The van der Waals surface area contributed by atoms with Gasteiger partial charge in [-0.15, -0.1) is 10.2 Å². The summed E-state index contributed by atoms with van der Waals surface area (Å²) in [5, 5.41) is 11.9. The highest BCUT2D eigenvalue weighted by molar-refractivity contribution is 7.99. The third kappa shape index (κ3) is 4.59. The number of thioether (sulfide) groups is 1. The monoisotopic (exact) mass is 398 g/mol. The number of aromatic nitrogens is 3. The standard InChI is InChI=1S/C21H23FN4OS/c1-4-14(2)17-7-5-6-8-18(17)23-19(27)13-28-21-25-24-20(26(21)3)15-9-11-16(22)12-10-15/h5-12,14H,4,13H2,1-3H3,(H,23,27)/t14-/m0/s1. The first-order valence-electron chi connectivity index (χ1n) is 9.16. The number of nitrogens with zero attached hydrogens (tertiary/aromatic N) is 3. The summed E-state index contributed by atoms with van der Waals surface area (Å²) in [5.74, 6) is 0.845. The fraction of sp³-hybridized carbons (Fsp3) is 0.286. The number of hydrogen-bond donors (Lipinski definition) is 1. The molecule has 146 valence electrons. The van der Waals surface area contributed by atoms with Crippen molar-refractivity contribution in [1.82, 2.24) is 14.8 Å². The number of carbonyl (C=O) groups is 1. The van der Waals surface area contributed by atoms with Gasteiger partial charge in [-0.05, 0) is 48.2 Å². The van der Waals surface area contributed by atoms with Gasteiger partial charge in [0.2, 0.25) is 5.91 Å². The summed E-state index contributed by atoms with van der Waals surface area (Å²) in [6, 6.07) is 14.0. The third-order valence-corrected chi connectivity index (χ3v) is 5.67. The molecular formula is C21H23FN4OS. The van der Waals surface area contributed by atoms with Crippen molar-refractivity contribution in [2.75, 3.05) is 11.1 Å². The van der Waals surface area contributed by atoms with E-state index in [2.05, 4.69) is 35.4 Å². The number of amides is 1. The smallest absolute Gasteiger partial charge is 0.234 e. The van der Waals surface area contributed by atoms with Gasteiger partial charge in [0.05, 0.1) is 5.75 Å². The number of hydrogen-bond acceptors (Lipinski definition) is 4. The van der Waals surface area contributed by atoms with Crippen LogP contribution in [-0.2, 0) is 11.8 Å². The van der Waals surface area contributed by atoms with E-state index in [1.165, 1.54) is 23.9 Å². The second kappa shape index (κ2) is 9.01. The molecule has 7 heteroatoms. The molecule has 1 aromatic heterocycles. The molecular weight excluding hydrogens is 375 g/mol. The first-order valence-corrected chi connectivity index (χ1v) is 10.1. The minimum absolute atomic E-state index is 0.0907. The Hall–Kier alpha value is -2.67. The second-order valence-corrected chi connectivity index (χ2v) is 7.55. The molecule has 0 bridgehead atoms. The van der Waals surface area contributed by atoms with Crippen molar-refractivity contribution in [3.63, 3.8) is 0 Å². The maximum Gasteiger partial charge on any atom is 0.234 e. The van der Waals surface area contributed by atoms with Crippen LogP contribution in [0.4, 0.5) is 10.1 Å². The zero-order valence-corrected chi connectivity index (χ0v) is 17.0. The number of rotatable bonds is 7. The molecule has 0 fully saturated rings. The number of benzene rings is 2. The van der Waals surface area contributed by atoms with E-state index < -0.39 is 0 Å². The topological polar surface area (TPSA) is 59.8 Å². The molecule has 0 saturated heterocycles. The lowest BCUT2D eigenvalue weighted by molar-refractivity contribution is -0.113. The Morgan fingerprint density at radius 2 is 1.89 bits per heavy atom. The van der Waals surface area contributed by atoms with Gasteiger partial charge in [-0.25, -0.2) is 4.39 Å². The molecule has 0 aliphatic carbocycles. The molecule has 0 saturated carbocycles. The van der Waals surface area contributed by atoms with Crippen LogP contribution in [0.2, 0.25) is 0 Å². The quantitative estimate of drug-likeness (QED) is 0.577. The Morgan fingerprint density at radius 1 is 1.18 bits per heavy atom. The SMILES string of the molecule is CC[C@H](C)c1ccccc1NC(=O)CSc1nnc(-c2ccc(F)cc2)n1C. The third-order valence-electron chi connectivity index (χ3n) is 4.65. The molecule has 0 radical (unpaired) electrons. The Morgan fingerprint density at radius 3 is 2.61 bits per heavy atom. The van der Waals surface area contributed by atoms with E-state index >= 15 is 0 Å². The van der Waals surface area contributed by atoms with Crippen LogP contribution < -0.4 is 5.32 Å². The fourth-order valence-electron chi connectivity index (χ4n) is 2.87. The van der Waals surface area contributed by atoms with Crippen LogP contribution in [0.15, 0.2) is 53.7 Å². The Kier molecular flexibility index (Phi) is 6.46. The van der Waals surface area contributed by atoms with Crippen molar-refractivity contribution in [2.24, 2.45) is 7.05 Å². The maximum absolute atomic E-state index is 13.1. The van der Waals surface area contributed by atoms with E-state index in [4.69, 9.17) is 0 Å². The van der Waals surface area contributed by atoms with Gasteiger partial charge in [0, 0.05) is 18.3 Å². The molecule has 3 aromatic rings. The van der Waals surface area contributed by atoms with Gasteiger partial charge in [-0.3, -0.25) is 4.79 Å². The highest BCUT2D eigenvalue weighted by Crippen LogP contribution is 2.27. The molecule has 1 amide bonds. The lowest BCUT2D eigenvalue weighted by Crippen LogP contribution is -2.16. The van der Waals surface area contributed by atoms with Gasteiger partial charge >= 0.3 is 0 Å². The first-order chi connectivity index (χ1) is 13.5. The molecule has 1 N–H and O–H groups in total. The average molecular weight is 399 g/mol. The summed E-state index contributed by atoms with van der Waals surface area (Å²) in [4.78, 5) is 12.4. The van der Waals surface area contributed by atoms with Crippen molar-refractivity contribution in [2.45, 2.75) is 31.3 Å². The number of nitrogens with one attached hydrogen (secondary N) is 1. The lowest BCUT2D eigenvalue weighted by atomic mass is 9.97. The molecule has 0 spiro atoms. The van der Waals surface area contributed by atoms with Crippen LogP contribution in [0, 0.1) is 5.82 Å². The molecule has 0 aliphatic rings. The predicted molar refractivity (Wildman–Crippen MR) is 111 cm³/mol. The van der Waals surface area contributed by atoms with Crippen molar-refractivity contribution < 1.29 is 9.18 Å². The molecule has 28 heavy (non-hydrogen) atoms. The number of halogens is 1. The van der Waals surface area contributed by atoms with Gasteiger partial charge in [0.25, 0.3) is 0 Å². The number of anilines is 1. The fourth-order valence-corrected chi connectivity index (χ4v) is 3.58. The summed E-state index contributed by atoms with van der Waals surface area (Å²) >= 11 is 1.32. The predicted octanol–water partition coefficient (Wildman–Crippen LogP) is 4.87.